The van der Waals surface area contributed by atoms with E-state index in [4.69, 9.17) is 15.3 Å². The van der Waals surface area contributed by atoms with Crippen molar-refractivity contribution in [3.63, 3.8) is 0 Å². The van der Waals surface area contributed by atoms with Gasteiger partial charge in [-0.05, 0) is 41.8 Å². The van der Waals surface area contributed by atoms with Gasteiger partial charge in [0.1, 0.15) is 10.6 Å². The van der Waals surface area contributed by atoms with Gasteiger partial charge < -0.3 is 15.3 Å². The fourth-order valence-corrected chi connectivity index (χ4v) is 2.60. The minimum atomic E-state index is -4.46. The van der Waals surface area contributed by atoms with E-state index in [9.17, 15) is 18.0 Å². The Labute approximate surface area is 161 Å². The average Bonchev–Trinajstić information content (AvgIpc) is 3.21. The molecule has 0 spiro atoms. The van der Waals surface area contributed by atoms with Crippen molar-refractivity contribution in [1.29, 1.82) is 0 Å². The molecular formula is C18H12F3N3O3S. The second kappa shape index (κ2) is 8.09. The summed E-state index contributed by atoms with van der Waals surface area (Å²) in [6.07, 6.45) is -3.77. The Morgan fingerprint density at radius 3 is 2.43 bits per heavy atom. The lowest BCUT2D eigenvalue weighted by Gasteiger charge is -2.08. The number of hydrogen-bond donors (Lipinski definition) is 1. The number of nitrogens with zero attached hydrogens (tertiary/aromatic N) is 2. The normalized spacial score (nSPS) is 11.9. The van der Waals surface area contributed by atoms with Gasteiger partial charge in [-0.2, -0.15) is 13.2 Å². The van der Waals surface area contributed by atoms with E-state index in [1.807, 2.05) is 0 Å². The van der Waals surface area contributed by atoms with Crippen molar-refractivity contribution in [2.75, 3.05) is 0 Å². The van der Waals surface area contributed by atoms with Crippen LogP contribution in [0.4, 0.5) is 13.2 Å². The molecular weight excluding hydrogens is 395 g/mol. The summed E-state index contributed by atoms with van der Waals surface area (Å²) in [6.45, 7) is 0. The molecule has 0 unspecified atom stereocenters. The van der Waals surface area contributed by atoms with Crippen LogP contribution in [-0.4, -0.2) is 16.8 Å². The van der Waals surface area contributed by atoms with Crippen LogP contribution in [-0.2, 0) is 11.0 Å². The number of halogens is 3. The maximum absolute atomic E-state index is 12.5. The molecule has 0 aliphatic carbocycles. The largest absolute Gasteiger partial charge is 0.439 e. The van der Waals surface area contributed by atoms with Gasteiger partial charge in [-0.3, -0.25) is 0 Å². The minimum Gasteiger partial charge on any atom is -0.439 e. The van der Waals surface area contributed by atoms with Crippen LogP contribution in [0.15, 0.2) is 65.3 Å². The molecule has 0 saturated carbocycles. The standard InChI is InChI=1S/C18H12F3N3O3S/c19-18(20,21)12-5-8-15(23-10-12)26-13-6-3-11(4-7-13)16(22)24-27-17(25)14-2-1-9-28-14/h1-10H,(H2,22,24). The number of hydrogen-bond acceptors (Lipinski definition) is 6. The van der Waals surface area contributed by atoms with Gasteiger partial charge in [0.25, 0.3) is 0 Å². The molecule has 28 heavy (non-hydrogen) atoms. The molecule has 2 N–H and O–H groups in total. The molecule has 10 heteroatoms. The number of oxime groups is 1. The summed E-state index contributed by atoms with van der Waals surface area (Å²) in [5, 5.41) is 5.32. The number of carbonyl (C=O) groups excluding carboxylic acids is 1. The number of rotatable bonds is 5. The number of amidine groups is 1. The third-order valence-corrected chi connectivity index (χ3v) is 4.24. The van der Waals surface area contributed by atoms with Crippen LogP contribution in [0.2, 0.25) is 0 Å². The number of pyridine rings is 1. The molecule has 2 aromatic heterocycles. The monoisotopic (exact) mass is 407 g/mol. The average molecular weight is 407 g/mol. The Hall–Kier alpha value is -3.40. The van der Waals surface area contributed by atoms with Gasteiger partial charge in [0.15, 0.2) is 5.84 Å². The van der Waals surface area contributed by atoms with Gasteiger partial charge in [0, 0.05) is 17.8 Å². The maximum atomic E-state index is 12.5. The molecule has 6 nitrogen and oxygen atoms in total. The van der Waals surface area contributed by atoms with Crippen molar-refractivity contribution in [1.82, 2.24) is 4.98 Å². The molecule has 144 valence electrons. The van der Waals surface area contributed by atoms with Crippen molar-refractivity contribution in [2.45, 2.75) is 6.18 Å². The first-order valence-electron chi connectivity index (χ1n) is 7.73. The van der Waals surface area contributed by atoms with E-state index in [1.54, 1.807) is 29.6 Å². The first-order chi connectivity index (χ1) is 13.3. The first kappa shape index (κ1) is 19.4. The molecule has 3 aromatic rings. The Morgan fingerprint density at radius 1 is 1.11 bits per heavy atom. The van der Waals surface area contributed by atoms with Crippen LogP contribution in [0.25, 0.3) is 0 Å². The van der Waals surface area contributed by atoms with Crippen molar-refractivity contribution >= 4 is 23.1 Å². The maximum Gasteiger partial charge on any atom is 0.417 e. The van der Waals surface area contributed by atoms with E-state index in [-0.39, 0.29) is 11.7 Å². The lowest BCUT2D eigenvalue weighted by molar-refractivity contribution is -0.137. The zero-order valence-electron chi connectivity index (χ0n) is 14.0. The molecule has 0 bridgehead atoms. The summed E-state index contributed by atoms with van der Waals surface area (Å²) >= 11 is 1.21. The van der Waals surface area contributed by atoms with Crippen LogP contribution < -0.4 is 10.5 Å². The highest BCUT2D eigenvalue weighted by molar-refractivity contribution is 7.11. The quantitative estimate of drug-likeness (QED) is 0.293. The summed E-state index contributed by atoms with van der Waals surface area (Å²) < 4.78 is 43.0. The Bertz CT molecular complexity index is 970. The SMILES string of the molecule is NC(=NOC(=O)c1cccs1)c1ccc(Oc2ccc(C(F)(F)F)cn2)cc1. The lowest BCUT2D eigenvalue weighted by Crippen LogP contribution is -2.15. The van der Waals surface area contributed by atoms with E-state index in [0.29, 0.717) is 22.4 Å². The first-order valence-corrected chi connectivity index (χ1v) is 8.61. The van der Waals surface area contributed by atoms with Crippen LogP contribution >= 0.6 is 11.3 Å². The summed E-state index contributed by atoms with van der Waals surface area (Å²) in [7, 11) is 0. The van der Waals surface area contributed by atoms with Gasteiger partial charge in [-0.15, -0.1) is 11.3 Å². The van der Waals surface area contributed by atoms with Crippen LogP contribution in [0, 0.1) is 0 Å². The van der Waals surface area contributed by atoms with Crippen LogP contribution in [0.5, 0.6) is 11.6 Å². The number of thiophene rings is 1. The predicted octanol–water partition coefficient (Wildman–Crippen LogP) is 4.43. The Kier molecular flexibility index (Phi) is 5.59. The number of nitrogens with two attached hydrogens (primary N) is 1. The van der Waals surface area contributed by atoms with E-state index in [0.717, 1.165) is 12.1 Å². The number of carbonyl (C=O) groups is 1. The second-order valence-corrected chi connectivity index (χ2v) is 6.29. The van der Waals surface area contributed by atoms with E-state index in [2.05, 4.69) is 10.1 Å². The van der Waals surface area contributed by atoms with Crippen LogP contribution in [0.3, 0.4) is 0 Å². The Balaban J connectivity index is 1.62. The molecule has 0 radical (unpaired) electrons. The highest BCUT2D eigenvalue weighted by Gasteiger charge is 2.30. The zero-order valence-corrected chi connectivity index (χ0v) is 14.8. The van der Waals surface area contributed by atoms with E-state index < -0.39 is 17.7 Å². The summed E-state index contributed by atoms with van der Waals surface area (Å²) in [5.74, 6) is -0.304. The van der Waals surface area contributed by atoms with E-state index in [1.165, 1.54) is 23.5 Å². The Morgan fingerprint density at radius 2 is 1.86 bits per heavy atom. The summed E-state index contributed by atoms with van der Waals surface area (Å²) in [6, 6.07) is 11.5. The number of aromatic nitrogens is 1. The van der Waals surface area contributed by atoms with Gasteiger partial charge in [-0.25, -0.2) is 9.78 Å². The van der Waals surface area contributed by atoms with Crippen molar-refractivity contribution < 1.29 is 27.5 Å². The predicted molar refractivity (Wildman–Crippen MR) is 96.2 cm³/mol. The topological polar surface area (TPSA) is 86.8 Å². The van der Waals surface area contributed by atoms with Crippen molar-refractivity contribution in [3.05, 3.63) is 76.1 Å². The molecule has 2 heterocycles. The molecule has 3 rings (SSSR count). The second-order valence-electron chi connectivity index (χ2n) is 5.34. The fourth-order valence-electron chi connectivity index (χ4n) is 2.01. The third kappa shape index (κ3) is 4.86. The molecule has 0 atom stereocenters. The molecule has 0 saturated heterocycles. The summed E-state index contributed by atoms with van der Waals surface area (Å²) in [4.78, 5) is 20.5. The van der Waals surface area contributed by atoms with E-state index >= 15 is 0 Å². The molecule has 0 amide bonds. The number of alkyl halides is 3. The number of benzene rings is 1. The third-order valence-electron chi connectivity index (χ3n) is 3.39. The molecule has 0 aliphatic heterocycles. The van der Waals surface area contributed by atoms with Gasteiger partial charge >= 0.3 is 12.1 Å². The highest BCUT2D eigenvalue weighted by Crippen LogP contribution is 2.30. The summed E-state index contributed by atoms with van der Waals surface area (Å²) in [5.41, 5.74) is 5.37. The minimum absolute atomic E-state index is 0.00673. The van der Waals surface area contributed by atoms with Crippen LogP contribution in [0.1, 0.15) is 20.8 Å². The van der Waals surface area contributed by atoms with Gasteiger partial charge in [0.05, 0.1) is 5.56 Å². The fraction of sp³-hybridized carbons (Fsp3) is 0.0556. The number of ether oxygens (including phenoxy) is 1. The molecule has 0 aliphatic rings. The smallest absolute Gasteiger partial charge is 0.417 e. The van der Waals surface area contributed by atoms with Crippen molar-refractivity contribution in [2.24, 2.45) is 10.9 Å². The zero-order chi connectivity index (χ0) is 20.1. The van der Waals surface area contributed by atoms with Gasteiger partial charge in [0.2, 0.25) is 5.88 Å². The van der Waals surface area contributed by atoms with Crippen molar-refractivity contribution in [3.8, 4) is 11.6 Å². The molecule has 1 aromatic carbocycles. The molecule has 0 fully saturated rings. The highest BCUT2D eigenvalue weighted by atomic mass is 32.1. The van der Waals surface area contributed by atoms with Gasteiger partial charge in [-0.1, -0.05) is 11.2 Å². The lowest BCUT2D eigenvalue weighted by atomic mass is 10.2.